The fourth-order valence-electron chi connectivity index (χ4n) is 1.84. The molecule has 0 saturated carbocycles. The van der Waals surface area contributed by atoms with Crippen LogP contribution >= 0.6 is 0 Å². The first-order valence-corrected chi connectivity index (χ1v) is 5.73. The molecule has 0 fully saturated rings. The molecule has 0 saturated heterocycles. The maximum Gasteiger partial charge on any atom is 0.335 e. The van der Waals surface area contributed by atoms with Crippen molar-refractivity contribution in [3.8, 4) is 11.5 Å². The van der Waals surface area contributed by atoms with Crippen molar-refractivity contribution in [2.45, 2.75) is 0 Å². The van der Waals surface area contributed by atoms with Crippen molar-refractivity contribution < 1.29 is 14.3 Å². The van der Waals surface area contributed by atoms with E-state index < -0.39 is 5.97 Å². The molecule has 0 atom stereocenters. The summed E-state index contributed by atoms with van der Waals surface area (Å²) >= 11 is 0. The molecule has 0 aliphatic heterocycles. The summed E-state index contributed by atoms with van der Waals surface area (Å²) < 4.78 is 5.57. The number of nitrogens with zero attached hydrogens (tertiary/aromatic N) is 2. The molecule has 2 heterocycles. The zero-order valence-corrected chi connectivity index (χ0v) is 10.1. The van der Waals surface area contributed by atoms with Crippen LogP contribution in [0.3, 0.4) is 0 Å². The Bertz CT molecular complexity index is 856. The van der Waals surface area contributed by atoms with Crippen molar-refractivity contribution in [2.75, 3.05) is 0 Å². The molecule has 3 rings (SSSR count). The highest BCUT2D eigenvalue weighted by molar-refractivity contribution is 5.92. The van der Waals surface area contributed by atoms with Gasteiger partial charge < -0.3 is 9.52 Å². The summed E-state index contributed by atoms with van der Waals surface area (Å²) in [5, 5.41) is 9.14. The summed E-state index contributed by atoms with van der Waals surface area (Å²) in [5.41, 5.74) is 0.462. The second-order valence-corrected chi connectivity index (χ2v) is 4.08. The van der Waals surface area contributed by atoms with Crippen LogP contribution in [0.5, 0.6) is 0 Å². The molecule has 20 heavy (non-hydrogen) atoms. The molecule has 1 N–H and O–H groups in total. The van der Waals surface area contributed by atoms with E-state index in [0.717, 1.165) is 0 Å². The quantitative estimate of drug-likeness (QED) is 0.763. The van der Waals surface area contributed by atoms with E-state index in [1.54, 1.807) is 0 Å². The Hall–Kier alpha value is -3.02. The molecule has 0 bridgehead atoms. The molecular formula is C14H8N2O4. The minimum atomic E-state index is -1.09. The van der Waals surface area contributed by atoms with Gasteiger partial charge in [0.25, 0.3) is 0 Å². The van der Waals surface area contributed by atoms with Crippen LogP contribution in [-0.2, 0) is 0 Å². The van der Waals surface area contributed by atoms with Crippen molar-refractivity contribution in [3.63, 3.8) is 0 Å². The van der Waals surface area contributed by atoms with Crippen LogP contribution in [0.2, 0.25) is 0 Å². The average Bonchev–Trinajstić information content (AvgIpc) is 2.47. The normalized spacial score (nSPS) is 10.6. The summed E-state index contributed by atoms with van der Waals surface area (Å²) in [6.45, 7) is 0. The number of aromatic nitrogens is 2. The van der Waals surface area contributed by atoms with Gasteiger partial charge in [0.15, 0.2) is 11.2 Å². The van der Waals surface area contributed by atoms with Crippen molar-refractivity contribution in [1.82, 2.24) is 9.97 Å². The van der Waals surface area contributed by atoms with Gasteiger partial charge in [0.2, 0.25) is 0 Å². The Kier molecular flexibility index (Phi) is 2.76. The molecule has 98 valence electrons. The highest BCUT2D eigenvalue weighted by atomic mass is 16.4. The van der Waals surface area contributed by atoms with Gasteiger partial charge in [-0.15, -0.1) is 0 Å². The van der Waals surface area contributed by atoms with Gasteiger partial charge >= 0.3 is 5.97 Å². The zero-order valence-electron chi connectivity index (χ0n) is 10.1. The zero-order chi connectivity index (χ0) is 14.1. The SMILES string of the molecule is O=C(O)c1ccc2oc(-c3cnccn3)cc(=O)c2c1. The number of fused-ring (bicyclic) bond motifs is 1. The lowest BCUT2D eigenvalue weighted by Crippen LogP contribution is -2.03. The third-order valence-corrected chi connectivity index (χ3v) is 2.79. The van der Waals surface area contributed by atoms with Gasteiger partial charge in [-0.25, -0.2) is 9.78 Å². The molecule has 0 aliphatic rings. The van der Waals surface area contributed by atoms with Crippen LogP contribution in [0.25, 0.3) is 22.4 Å². The summed E-state index contributed by atoms with van der Waals surface area (Å²) in [6, 6.07) is 5.41. The predicted octanol–water partition coefficient (Wildman–Crippen LogP) is 1.95. The molecule has 1 aromatic carbocycles. The number of carboxylic acids is 1. The van der Waals surface area contributed by atoms with Gasteiger partial charge in [-0.1, -0.05) is 0 Å². The molecule has 6 nitrogen and oxygen atoms in total. The number of carbonyl (C=O) groups is 1. The topological polar surface area (TPSA) is 93.3 Å². The van der Waals surface area contributed by atoms with Gasteiger partial charge in [-0.2, -0.15) is 0 Å². The van der Waals surface area contributed by atoms with E-state index in [1.807, 2.05) is 0 Å². The van der Waals surface area contributed by atoms with Gasteiger partial charge in [0.05, 0.1) is 17.1 Å². The minimum absolute atomic E-state index is 0.0389. The fourth-order valence-corrected chi connectivity index (χ4v) is 1.84. The molecule has 0 spiro atoms. The van der Waals surface area contributed by atoms with Gasteiger partial charge in [-0.05, 0) is 18.2 Å². The van der Waals surface area contributed by atoms with Crippen LogP contribution in [0.4, 0.5) is 0 Å². The largest absolute Gasteiger partial charge is 0.478 e. The monoisotopic (exact) mass is 268 g/mol. The van der Waals surface area contributed by atoms with Crippen molar-refractivity contribution >= 4 is 16.9 Å². The second-order valence-electron chi connectivity index (χ2n) is 4.08. The predicted molar refractivity (Wildman–Crippen MR) is 70.5 cm³/mol. The molecule has 0 unspecified atom stereocenters. The lowest BCUT2D eigenvalue weighted by Gasteiger charge is -2.02. The second kappa shape index (κ2) is 4.58. The van der Waals surface area contributed by atoms with E-state index in [1.165, 1.54) is 42.9 Å². The summed E-state index contributed by atoms with van der Waals surface area (Å²) in [7, 11) is 0. The smallest absolute Gasteiger partial charge is 0.335 e. The number of aromatic carboxylic acids is 1. The van der Waals surface area contributed by atoms with Crippen LogP contribution in [0.1, 0.15) is 10.4 Å². The van der Waals surface area contributed by atoms with Crippen LogP contribution < -0.4 is 5.43 Å². The van der Waals surface area contributed by atoms with Gasteiger partial charge in [0, 0.05) is 18.5 Å². The Morgan fingerprint density at radius 3 is 2.75 bits per heavy atom. The Labute approximate surface area is 112 Å². The summed E-state index contributed by atoms with van der Waals surface area (Å²) in [4.78, 5) is 30.9. The molecule has 0 amide bonds. The average molecular weight is 268 g/mol. The Morgan fingerprint density at radius 1 is 1.20 bits per heavy atom. The van der Waals surface area contributed by atoms with Crippen LogP contribution in [-0.4, -0.2) is 21.0 Å². The lowest BCUT2D eigenvalue weighted by atomic mass is 10.1. The van der Waals surface area contributed by atoms with E-state index >= 15 is 0 Å². The third kappa shape index (κ3) is 2.03. The first kappa shape index (κ1) is 12.0. The molecule has 6 heteroatoms. The first-order chi connectivity index (χ1) is 9.65. The van der Waals surface area contributed by atoms with Crippen LogP contribution in [0, 0.1) is 0 Å². The van der Waals surface area contributed by atoms with Crippen molar-refractivity contribution in [2.24, 2.45) is 0 Å². The van der Waals surface area contributed by atoms with E-state index in [9.17, 15) is 9.59 Å². The molecule has 3 aromatic rings. The van der Waals surface area contributed by atoms with E-state index in [0.29, 0.717) is 17.0 Å². The molecular weight excluding hydrogens is 260 g/mol. The van der Waals surface area contributed by atoms with Crippen molar-refractivity contribution in [1.29, 1.82) is 0 Å². The highest BCUT2D eigenvalue weighted by Crippen LogP contribution is 2.20. The first-order valence-electron chi connectivity index (χ1n) is 5.73. The Balaban J connectivity index is 2.24. The molecule has 0 aliphatic carbocycles. The standard InChI is InChI=1S/C14H8N2O4/c17-11-6-13(10-7-15-3-4-16-10)20-12-2-1-8(14(18)19)5-9(11)12/h1-7H,(H,18,19). The van der Waals surface area contributed by atoms with Crippen molar-refractivity contribution in [3.05, 3.63) is 58.6 Å². The lowest BCUT2D eigenvalue weighted by molar-refractivity contribution is 0.0697. The number of hydrogen-bond donors (Lipinski definition) is 1. The van der Waals surface area contributed by atoms with Gasteiger partial charge in [0.1, 0.15) is 11.3 Å². The van der Waals surface area contributed by atoms with E-state index in [2.05, 4.69) is 9.97 Å². The molecule has 2 aromatic heterocycles. The maximum absolute atomic E-state index is 12.0. The molecule has 0 radical (unpaired) electrons. The highest BCUT2D eigenvalue weighted by Gasteiger charge is 2.10. The van der Waals surface area contributed by atoms with Gasteiger partial charge in [-0.3, -0.25) is 9.78 Å². The Morgan fingerprint density at radius 2 is 2.05 bits per heavy atom. The number of benzene rings is 1. The van der Waals surface area contributed by atoms with E-state index in [4.69, 9.17) is 9.52 Å². The van der Waals surface area contributed by atoms with E-state index in [-0.39, 0.29) is 16.4 Å². The number of hydrogen-bond acceptors (Lipinski definition) is 5. The summed E-state index contributed by atoms with van der Waals surface area (Å²) in [5.74, 6) is -0.803. The minimum Gasteiger partial charge on any atom is -0.478 e. The maximum atomic E-state index is 12.0. The number of carboxylic acid groups (broad SMARTS) is 1. The number of rotatable bonds is 2. The summed E-state index contributed by atoms with van der Waals surface area (Å²) in [6.07, 6.45) is 4.49. The van der Waals surface area contributed by atoms with Crippen LogP contribution in [0.15, 0.2) is 52.1 Å². The third-order valence-electron chi connectivity index (χ3n) is 2.79. The fraction of sp³-hybridized carbons (Fsp3) is 0.